The summed E-state index contributed by atoms with van der Waals surface area (Å²) in [7, 11) is 0. The monoisotopic (exact) mass is 449 g/mol. The molecule has 2 fully saturated rings. The van der Waals surface area contributed by atoms with Crippen LogP contribution >= 0.6 is 0 Å². The lowest BCUT2D eigenvalue weighted by molar-refractivity contribution is -0.142. The van der Waals surface area contributed by atoms with Crippen LogP contribution in [0.25, 0.3) is 12.2 Å². The van der Waals surface area contributed by atoms with Gasteiger partial charge in [-0.05, 0) is 30.3 Å². The van der Waals surface area contributed by atoms with Crippen molar-refractivity contribution in [2.45, 2.75) is 25.6 Å². The van der Waals surface area contributed by atoms with Crippen LogP contribution in [0.1, 0.15) is 29.8 Å². The van der Waals surface area contributed by atoms with Crippen molar-refractivity contribution in [3.05, 3.63) is 69.6 Å². The van der Waals surface area contributed by atoms with Crippen LogP contribution in [0.15, 0.2) is 47.3 Å². The van der Waals surface area contributed by atoms with Crippen molar-refractivity contribution >= 4 is 18.1 Å². The van der Waals surface area contributed by atoms with E-state index in [2.05, 4.69) is 11.8 Å². The fourth-order valence-electron chi connectivity index (χ4n) is 5.83. The predicted molar refractivity (Wildman–Crippen MR) is 126 cm³/mol. The molecular formula is C26H31N3O4. The van der Waals surface area contributed by atoms with Gasteiger partial charge in [0.05, 0.1) is 25.2 Å². The number of benzene rings is 1. The maximum Gasteiger partial charge on any atom is 0.258 e. The maximum absolute atomic E-state index is 13.6. The van der Waals surface area contributed by atoms with Gasteiger partial charge < -0.3 is 19.3 Å². The van der Waals surface area contributed by atoms with E-state index in [9.17, 15) is 14.7 Å². The highest BCUT2D eigenvalue weighted by Gasteiger charge is 2.55. The first kappa shape index (κ1) is 22.1. The Kier molecular flexibility index (Phi) is 6.19. The third-order valence-corrected chi connectivity index (χ3v) is 7.43. The van der Waals surface area contributed by atoms with Crippen molar-refractivity contribution in [3.63, 3.8) is 0 Å². The van der Waals surface area contributed by atoms with Crippen molar-refractivity contribution in [3.8, 4) is 0 Å². The van der Waals surface area contributed by atoms with Gasteiger partial charge in [0.25, 0.3) is 5.56 Å². The molecule has 0 spiro atoms. The van der Waals surface area contributed by atoms with Crippen LogP contribution in [0.5, 0.6) is 0 Å². The second-order valence-electron chi connectivity index (χ2n) is 9.03. The van der Waals surface area contributed by atoms with Crippen LogP contribution in [0, 0.1) is 11.8 Å². The number of fused-ring (bicyclic) bond motifs is 4. The summed E-state index contributed by atoms with van der Waals surface area (Å²) in [6, 6.07) is 13.5. The van der Waals surface area contributed by atoms with Crippen LogP contribution in [0.2, 0.25) is 0 Å². The third kappa shape index (κ3) is 3.84. The summed E-state index contributed by atoms with van der Waals surface area (Å²) in [5, 5.41) is 10.3. The summed E-state index contributed by atoms with van der Waals surface area (Å²) in [6.45, 7) is 5.51. The van der Waals surface area contributed by atoms with E-state index in [0.29, 0.717) is 38.4 Å². The molecule has 0 unspecified atom stereocenters. The van der Waals surface area contributed by atoms with Gasteiger partial charge in [0.15, 0.2) is 0 Å². The number of ether oxygens (including phenoxy) is 1. The van der Waals surface area contributed by atoms with Gasteiger partial charge >= 0.3 is 0 Å². The molecule has 2 bridgehead atoms. The molecule has 5 rings (SSSR count). The molecule has 0 aliphatic carbocycles. The second-order valence-corrected chi connectivity index (χ2v) is 9.03. The van der Waals surface area contributed by atoms with Crippen molar-refractivity contribution in [2.75, 3.05) is 39.5 Å². The van der Waals surface area contributed by atoms with Crippen LogP contribution in [-0.4, -0.2) is 70.9 Å². The van der Waals surface area contributed by atoms with Gasteiger partial charge in [0.2, 0.25) is 5.91 Å². The smallest absolute Gasteiger partial charge is 0.258 e. The number of carbonyl (C=O) groups is 1. The number of nitrogens with zero attached hydrogens (tertiary/aromatic N) is 3. The molecule has 33 heavy (non-hydrogen) atoms. The highest BCUT2D eigenvalue weighted by molar-refractivity contribution is 5.81. The molecule has 0 radical (unpaired) electrons. The molecule has 7 nitrogen and oxygen atoms in total. The zero-order chi connectivity index (χ0) is 22.9. The quantitative estimate of drug-likeness (QED) is 0.754. The van der Waals surface area contributed by atoms with Crippen LogP contribution in [0.3, 0.4) is 0 Å². The zero-order valence-corrected chi connectivity index (χ0v) is 19.0. The lowest BCUT2D eigenvalue weighted by Gasteiger charge is -2.38. The molecule has 1 amide bonds. The number of pyridine rings is 1. The van der Waals surface area contributed by atoms with E-state index < -0.39 is 0 Å². The maximum atomic E-state index is 13.6. The molecule has 7 heteroatoms. The van der Waals surface area contributed by atoms with Gasteiger partial charge in [0, 0.05) is 49.5 Å². The molecule has 174 valence electrons. The first-order valence-electron chi connectivity index (χ1n) is 11.8. The molecule has 1 aromatic carbocycles. The lowest BCUT2D eigenvalue weighted by Crippen LogP contribution is -2.47. The molecular weight excluding hydrogens is 418 g/mol. The Balaban J connectivity index is 1.52. The van der Waals surface area contributed by atoms with Crippen molar-refractivity contribution in [1.82, 2.24) is 14.4 Å². The zero-order valence-electron chi connectivity index (χ0n) is 19.0. The number of aromatic nitrogens is 1. The topological polar surface area (TPSA) is 75.0 Å². The first-order valence-corrected chi connectivity index (χ1v) is 11.8. The molecule has 4 atom stereocenters. The number of hydrogen-bond donors (Lipinski definition) is 1. The van der Waals surface area contributed by atoms with E-state index in [1.807, 2.05) is 64.1 Å². The summed E-state index contributed by atoms with van der Waals surface area (Å²) in [5.74, 6) is -0.498. The highest BCUT2D eigenvalue weighted by Crippen LogP contribution is 2.48. The summed E-state index contributed by atoms with van der Waals surface area (Å²) in [4.78, 5) is 31.2. The van der Waals surface area contributed by atoms with E-state index in [1.54, 1.807) is 0 Å². The predicted octanol–water partition coefficient (Wildman–Crippen LogP) is 1.86. The lowest BCUT2D eigenvalue weighted by atomic mass is 9.86. The summed E-state index contributed by atoms with van der Waals surface area (Å²) in [5.41, 5.74) is 2.50. The fourth-order valence-corrected chi connectivity index (χ4v) is 5.83. The first-order chi connectivity index (χ1) is 16.1. The second kappa shape index (κ2) is 9.25. The number of amides is 1. The minimum absolute atomic E-state index is 0.0402. The van der Waals surface area contributed by atoms with Crippen molar-refractivity contribution in [2.24, 2.45) is 11.8 Å². The van der Waals surface area contributed by atoms with E-state index in [0.717, 1.165) is 17.8 Å². The Morgan fingerprint density at radius 3 is 2.58 bits per heavy atom. The standard InChI is InChI=1S/C26H31N3O4/c1-2-28-22-16-29-21(11-10-19(25(29)31)9-8-18-6-4-3-5-7-18)24(28)23(20(22)17-30)26(32)27-12-14-33-15-13-27/h3-11,20,22-24,30H,2,12-17H2,1H3/b9-8+/t20-,22-,23+,24+/m0/s1. The molecule has 3 aliphatic heterocycles. The number of aliphatic hydroxyl groups is 1. The number of morpholine rings is 1. The summed E-state index contributed by atoms with van der Waals surface area (Å²) < 4.78 is 7.26. The van der Waals surface area contributed by atoms with Gasteiger partial charge in [-0.1, -0.05) is 43.3 Å². The largest absolute Gasteiger partial charge is 0.396 e. The molecule has 3 aliphatic rings. The molecule has 1 aromatic heterocycles. The van der Waals surface area contributed by atoms with E-state index in [1.165, 1.54) is 0 Å². The number of hydrogen-bond acceptors (Lipinski definition) is 5. The van der Waals surface area contributed by atoms with Gasteiger partial charge in [0.1, 0.15) is 0 Å². The SMILES string of the molecule is CCN1[C@@H]2c3ccc(/C=C/c4ccccc4)c(=O)n3C[C@H]1[C@H](CO)[C@H]2C(=O)N1CCOCC1. The van der Waals surface area contributed by atoms with Gasteiger partial charge in [-0.15, -0.1) is 0 Å². The average molecular weight is 450 g/mol. The van der Waals surface area contributed by atoms with E-state index >= 15 is 0 Å². The minimum Gasteiger partial charge on any atom is -0.396 e. The Bertz CT molecular complexity index is 1090. The average Bonchev–Trinajstić information content (AvgIpc) is 3.09. The van der Waals surface area contributed by atoms with Crippen LogP contribution in [0.4, 0.5) is 0 Å². The highest BCUT2D eigenvalue weighted by atomic mass is 16.5. The number of rotatable bonds is 5. The molecule has 2 aromatic rings. The van der Waals surface area contributed by atoms with Crippen LogP contribution in [-0.2, 0) is 16.1 Å². The fraction of sp³-hybridized carbons (Fsp3) is 0.462. The Morgan fingerprint density at radius 2 is 1.88 bits per heavy atom. The number of aliphatic hydroxyl groups excluding tert-OH is 1. The van der Waals surface area contributed by atoms with Gasteiger partial charge in [-0.3, -0.25) is 14.5 Å². The Hall–Kier alpha value is -2.74. The summed E-state index contributed by atoms with van der Waals surface area (Å²) in [6.07, 6.45) is 3.81. The molecule has 2 saturated heterocycles. The third-order valence-electron chi connectivity index (χ3n) is 7.43. The van der Waals surface area contributed by atoms with E-state index in [-0.39, 0.29) is 42.0 Å². The normalized spacial score (nSPS) is 27.2. The van der Waals surface area contributed by atoms with Gasteiger partial charge in [-0.25, -0.2) is 0 Å². The van der Waals surface area contributed by atoms with E-state index in [4.69, 9.17) is 4.74 Å². The van der Waals surface area contributed by atoms with Crippen molar-refractivity contribution < 1.29 is 14.6 Å². The molecule has 0 saturated carbocycles. The Labute approximate surface area is 193 Å². The number of likely N-dealkylation sites (N-methyl/N-ethyl adjacent to an activating group) is 1. The molecule has 4 heterocycles. The molecule has 1 N–H and O–H groups in total. The Morgan fingerprint density at radius 1 is 1.12 bits per heavy atom. The number of carbonyl (C=O) groups excluding carboxylic acids is 1. The minimum atomic E-state index is -0.364. The van der Waals surface area contributed by atoms with Crippen molar-refractivity contribution in [1.29, 1.82) is 0 Å². The van der Waals surface area contributed by atoms with Crippen LogP contribution < -0.4 is 5.56 Å². The summed E-state index contributed by atoms with van der Waals surface area (Å²) >= 11 is 0. The van der Waals surface area contributed by atoms with Gasteiger partial charge in [-0.2, -0.15) is 0 Å².